The summed E-state index contributed by atoms with van der Waals surface area (Å²) in [6.07, 6.45) is 2.06. The number of thioether (sulfide) groups is 1. The Morgan fingerprint density at radius 2 is 1.46 bits per heavy atom. The fourth-order valence-electron chi connectivity index (χ4n) is 5.08. The zero-order valence-electron chi connectivity index (χ0n) is 22.0. The van der Waals surface area contributed by atoms with E-state index in [-0.39, 0.29) is 5.91 Å². The van der Waals surface area contributed by atoms with Gasteiger partial charge in [-0.3, -0.25) is 9.69 Å². The van der Waals surface area contributed by atoms with E-state index >= 15 is 0 Å². The largest absolute Gasteiger partial charge is 0.340 e. The number of para-hydroxylation sites is 2. The van der Waals surface area contributed by atoms with E-state index in [1.807, 2.05) is 60.7 Å². The summed E-state index contributed by atoms with van der Waals surface area (Å²) in [5, 5.41) is 1.84. The second-order valence-corrected chi connectivity index (χ2v) is 10.8. The molecule has 2 heterocycles. The normalized spacial score (nSPS) is 15.6. The van der Waals surface area contributed by atoms with E-state index in [9.17, 15) is 4.79 Å². The van der Waals surface area contributed by atoms with E-state index in [0.717, 1.165) is 40.0 Å². The first-order valence-electron chi connectivity index (χ1n) is 13.1. The quantitative estimate of drug-likeness (QED) is 0.209. The second-order valence-electron chi connectivity index (χ2n) is 9.81. The highest BCUT2D eigenvalue weighted by molar-refractivity contribution is 8.18. The van der Waals surface area contributed by atoms with Crippen LogP contribution in [0.5, 0.6) is 0 Å². The predicted octanol–water partition coefficient (Wildman–Crippen LogP) is 8.11. The van der Waals surface area contributed by atoms with Crippen molar-refractivity contribution < 1.29 is 4.79 Å². The molecule has 0 atom stereocenters. The molecule has 1 aliphatic heterocycles. The number of hydrogen-bond acceptors (Lipinski definition) is 3. The molecule has 5 aromatic rings. The van der Waals surface area contributed by atoms with Crippen LogP contribution in [0.15, 0.2) is 119 Å². The summed E-state index contributed by atoms with van der Waals surface area (Å²) in [7, 11) is 0. The van der Waals surface area contributed by atoms with Crippen molar-refractivity contribution in [2.45, 2.75) is 26.9 Å². The number of aliphatic imine (C=N–C) groups is 1. The highest BCUT2D eigenvalue weighted by Crippen LogP contribution is 2.37. The molecule has 1 aliphatic rings. The third kappa shape index (κ3) is 5.18. The first kappa shape index (κ1) is 25.0. The van der Waals surface area contributed by atoms with Gasteiger partial charge in [0.2, 0.25) is 0 Å². The van der Waals surface area contributed by atoms with Crippen molar-refractivity contribution in [1.29, 1.82) is 0 Å². The van der Waals surface area contributed by atoms with E-state index < -0.39 is 0 Å². The molecule has 0 spiro atoms. The number of rotatable bonds is 6. The first-order chi connectivity index (χ1) is 19.1. The lowest BCUT2D eigenvalue weighted by molar-refractivity contribution is -0.122. The van der Waals surface area contributed by atoms with Crippen LogP contribution in [-0.2, 0) is 17.9 Å². The summed E-state index contributed by atoms with van der Waals surface area (Å²) in [5.41, 5.74) is 7.79. The summed E-state index contributed by atoms with van der Waals surface area (Å²) < 4.78 is 2.35. The molecule has 0 saturated carbocycles. The molecule has 1 saturated heterocycles. The number of nitrogens with zero attached hydrogens (tertiary/aromatic N) is 3. The van der Waals surface area contributed by atoms with Crippen LogP contribution < -0.4 is 0 Å². The van der Waals surface area contributed by atoms with Gasteiger partial charge in [-0.2, -0.15) is 0 Å². The molecule has 192 valence electrons. The van der Waals surface area contributed by atoms with E-state index in [0.29, 0.717) is 16.6 Å². The maximum absolute atomic E-state index is 13.8. The van der Waals surface area contributed by atoms with Crippen molar-refractivity contribution in [3.63, 3.8) is 0 Å². The standard InChI is InChI=1S/C34H29N3OS/c1-24-12-11-15-27(20-24)23-36-25(2)30(29-18-9-10-19-31(29)36)21-32-33(38)37(22-26-13-5-3-6-14-26)34(39-32)35-28-16-7-4-8-17-28/h3-21H,22-23H2,1-2H3/b32-21+,35-34?. The van der Waals surface area contributed by atoms with Crippen molar-refractivity contribution in [2.24, 2.45) is 4.99 Å². The van der Waals surface area contributed by atoms with E-state index in [4.69, 9.17) is 4.99 Å². The number of hydrogen-bond donors (Lipinski definition) is 0. The molecule has 0 radical (unpaired) electrons. The molecule has 6 rings (SSSR count). The highest BCUT2D eigenvalue weighted by atomic mass is 32.2. The van der Waals surface area contributed by atoms with Crippen LogP contribution in [0.3, 0.4) is 0 Å². The number of amides is 1. The van der Waals surface area contributed by atoms with Gasteiger partial charge in [0, 0.05) is 28.7 Å². The van der Waals surface area contributed by atoms with Gasteiger partial charge >= 0.3 is 0 Å². The van der Waals surface area contributed by atoms with Crippen LogP contribution in [0.2, 0.25) is 0 Å². The maximum Gasteiger partial charge on any atom is 0.267 e. The van der Waals surface area contributed by atoms with Gasteiger partial charge in [0.15, 0.2) is 5.17 Å². The topological polar surface area (TPSA) is 37.6 Å². The summed E-state index contributed by atoms with van der Waals surface area (Å²) in [6.45, 7) is 5.52. The van der Waals surface area contributed by atoms with Crippen molar-refractivity contribution in [1.82, 2.24) is 9.47 Å². The lowest BCUT2D eigenvalue weighted by Gasteiger charge is -2.15. The average molecular weight is 528 g/mol. The lowest BCUT2D eigenvalue weighted by Crippen LogP contribution is -2.28. The molecule has 39 heavy (non-hydrogen) atoms. The molecule has 1 amide bonds. The van der Waals surface area contributed by atoms with Gasteiger partial charge in [-0.25, -0.2) is 4.99 Å². The minimum absolute atomic E-state index is 0.0200. The van der Waals surface area contributed by atoms with Crippen LogP contribution in [-0.4, -0.2) is 20.5 Å². The summed E-state index contributed by atoms with van der Waals surface area (Å²) in [4.78, 5) is 21.2. The number of carbonyl (C=O) groups is 1. The number of carbonyl (C=O) groups excluding carboxylic acids is 1. The summed E-state index contributed by atoms with van der Waals surface area (Å²) >= 11 is 1.45. The first-order valence-corrected chi connectivity index (χ1v) is 13.9. The van der Waals surface area contributed by atoms with Crippen molar-refractivity contribution in [3.05, 3.63) is 142 Å². The second kappa shape index (κ2) is 10.8. The number of fused-ring (bicyclic) bond motifs is 1. The minimum Gasteiger partial charge on any atom is -0.340 e. The lowest BCUT2D eigenvalue weighted by atomic mass is 10.1. The number of benzene rings is 4. The highest BCUT2D eigenvalue weighted by Gasteiger charge is 2.34. The molecule has 0 aliphatic carbocycles. The van der Waals surface area contributed by atoms with E-state index in [1.54, 1.807) is 4.90 Å². The van der Waals surface area contributed by atoms with Gasteiger partial charge in [0.05, 0.1) is 17.1 Å². The molecule has 1 fully saturated rings. The van der Waals surface area contributed by atoms with Gasteiger partial charge < -0.3 is 4.57 Å². The van der Waals surface area contributed by atoms with Crippen LogP contribution in [0.4, 0.5) is 5.69 Å². The maximum atomic E-state index is 13.8. The van der Waals surface area contributed by atoms with Crippen molar-refractivity contribution >= 4 is 45.5 Å². The molecule has 0 bridgehead atoms. The predicted molar refractivity (Wildman–Crippen MR) is 163 cm³/mol. The van der Waals surface area contributed by atoms with Crippen LogP contribution >= 0.6 is 11.8 Å². The Morgan fingerprint density at radius 3 is 2.23 bits per heavy atom. The van der Waals surface area contributed by atoms with Gasteiger partial charge in [0.1, 0.15) is 0 Å². The Balaban J connectivity index is 1.42. The molecule has 4 nitrogen and oxygen atoms in total. The fourth-order valence-corrected chi connectivity index (χ4v) is 6.06. The third-order valence-corrected chi connectivity index (χ3v) is 8.04. The summed E-state index contributed by atoms with van der Waals surface area (Å²) in [5.74, 6) is -0.0200. The van der Waals surface area contributed by atoms with Crippen molar-refractivity contribution in [2.75, 3.05) is 0 Å². The van der Waals surface area contributed by atoms with Crippen LogP contribution in [0.25, 0.3) is 17.0 Å². The molecule has 0 unspecified atom stereocenters. The zero-order chi connectivity index (χ0) is 26.8. The number of aryl methyl sites for hydroxylation is 1. The monoisotopic (exact) mass is 527 g/mol. The Kier molecular flexibility index (Phi) is 6.91. The third-order valence-electron chi connectivity index (χ3n) is 7.03. The smallest absolute Gasteiger partial charge is 0.267 e. The van der Waals surface area contributed by atoms with Gasteiger partial charge in [-0.15, -0.1) is 0 Å². The Bertz CT molecular complexity index is 1720. The minimum atomic E-state index is -0.0200. The number of aromatic nitrogens is 1. The Labute approximate surface area is 233 Å². The number of amidine groups is 1. The Morgan fingerprint density at radius 1 is 0.769 bits per heavy atom. The Hall–Kier alpha value is -4.35. The van der Waals surface area contributed by atoms with Crippen LogP contribution in [0, 0.1) is 13.8 Å². The van der Waals surface area contributed by atoms with Gasteiger partial charge in [-0.1, -0.05) is 96.6 Å². The fraction of sp³-hybridized carbons (Fsp3) is 0.118. The average Bonchev–Trinajstić information content (AvgIpc) is 3.38. The van der Waals surface area contributed by atoms with Crippen molar-refractivity contribution in [3.8, 4) is 0 Å². The van der Waals surface area contributed by atoms with Gasteiger partial charge in [-0.05, 0) is 61.0 Å². The molecule has 4 aromatic carbocycles. The van der Waals surface area contributed by atoms with Gasteiger partial charge in [0.25, 0.3) is 5.91 Å². The van der Waals surface area contributed by atoms with E-state index in [2.05, 4.69) is 73.0 Å². The molecular formula is C34H29N3OS. The molecule has 5 heteroatoms. The van der Waals surface area contributed by atoms with Crippen LogP contribution in [0.1, 0.15) is 27.9 Å². The molecule has 0 N–H and O–H groups in total. The molecular weight excluding hydrogens is 498 g/mol. The van der Waals surface area contributed by atoms with E-state index in [1.165, 1.54) is 22.9 Å². The molecule has 1 aromatic heterocycles. The summed E-state index contributed by atoms with van der Waals surface area (Å²) in [6, 6.07) is 37.0. The SMILES string of the molecule is Cc1cccc(Cn2c(C)c(/C=C3/SC(=Nc4ccccc4)N(Cc4ccccc4)C3=O)c3ccccc32)c1. The zero-order valence-corrected chi connectivity index (χ0v) is 22.9.